The smallest absolute Gasteiger partial charge is 0.192 e. The average Bonchev–Trinajstić information content (AvgIpc) is 3.38. The van der Waals surface area contributed by atoms with Crippen LogP contribution in [0, 0.1) is 23.7 Å². The van der Waals surface area contributed by atoms with Crippen molar-refractivity contribution < 1.29 is 23.8 Å². The SMILES string of the molecule is CC(C)=CCC[C@H](C)[C@@H]1CC[C@H](O)[C@H]([C@@H](O)Cc2coc(CO[Si](C)(C)C(C)(C)C)c2)[C@H]1/C=C/COCc1ccccc1. The summed E-state index contributed by atoms with van der Waals surface area (Å²) in [5, 5.41) is 23.0. The van der Waals surface area contributed by atoms with Crippen molar-refractivity contribution in [3.8, 4) is 0 Å². The van der Waals surface area contributed by atoms with E-state index in [1.807, 2.05) is 24.3 Å². The summed E-state index contributed by atoms with van der Waals surface area (Å²) in [5.74, 6) is 1.46. The minimum atomic E-state index is -1.89. The highest BCUT2D eigenvalue weighted by atomic mass is 28.4. The van der Waals surface area contributed by atoms with E-state index in [-0.39, 0.29) is 16.9 Å². The molecule has 5 nitrogen and oxygen atoms in total. The predicted molar refractivity (Wildman–Crippen MR) is 179 cm³/mol. The molecule has 0 unspecified atom stereocenters. The summed E-state index contributed by atoms with van der Waals surface area (Å²) < 4.78 is 18.1. The first kappa shape index (κ1) is 35.5. The molecule has 1 aliphatic rings. The van der Waals surface area contributed by atoms with E-state index >= 15 is 0 Å². The Kier molecular flexibility index (Phi) is 13.5. The lowest BCUT2D eigenvalue weighted by atomic mass is 9.63. The molecule has 0 aliphatic heterocycles. The van der Waals surface area contributed by atoms with Crippen LogP contribution in [0.15, 0.2) is 70.9 Å². The Bertz CT molecular complexity index is 1140. The zero-order valence-corrected chi connectivity index (χ0v) is 29.0. The van der Waals surface area contributed by atoms with Gasteiger partial charge in [-0.05, 0) is 92.6 Å². The van der Waals surface area contributed by atoms with Crippen molar-refractivity contribution in [2.24, 2.45) is 23.7 Å². The van der Waals surface area contributed by atoms with Crippen LogP contribution in [0.5, 0.6) is 0 Å². The molecule has 3 rings (SSSR count). The fourth-order valence-corrected chi connectivity index (χ4v) is 7.01. The minimum Gasteiger partial charge on any atom is -0.467 e. The molecule has 0 spiro atoms. The summed E-state index contributed by atoms with van der Waals surface area (Å²) in [6.45, 7) is 19.3. The summed E-state index contributed by atoms with van der Waals surface area (Å²) in [6, 6.07) is 12.2. The van der Waals surface area contributed by atoms with Gasteiger partial charge in [0.05, 0.1) is 38.3 Å². The normalized spacial score (nSPS) is 22.9. The van der Waals surface area contributed by atoms with Gasteiger partial charge in [0.15, 0.2) is 8.32 Å². The molecule has 0 radical (unpaired) electrons. The molecule has 1 aromatic carbocycles. The molecule has 1 aromatic heterocycles. The molecule has 43 heavy (non-hydrogen) atoms. The largest absolute Gasteiger partial charge is 0.467 e. The molecule has 240 valence electrons. The number of aliphatic hydroxyl groups excluding tert-OH is 2. The molecule has 0 amide bonds. The van der Waals surface area contributed by atoms with Crippen LogP contribution in [-0.2, 0) is 28.8 Å². The van der Waals surface area contributed by atoms with Crippen LogP contribution in [0.4, 0.5) is 0 Å². The Balaban J connectivity index is 1.71. The number of ether oxygens (including phenoxy) is 1. The summed E-state index contributed by atoms with van der Waals surface area (Å²) in [5.41, 5.74) is 3.44. The van der Waals surface area contributed by atoms with Gasteiger partial charge in [-0.2, -0.15) is 0 Å². The number of allylic oxidation sites excluding steroid dienone is 3. The first-order valence-electron chi connectivity index (χ1n) is 16.3. The third-order valence-corrected chi connectivity index (χ3v) is 14.2. The maximum Gasteiger partial charge on any atom is 0.192 e. The van der Waals surface area contributed by atoms with E-state index in [0.717, 1.165) is 36.1 Å². The standard InChI is InChI=1S/C37H58O5Si/c1-27(2)14-12-15-28(3)32-19-20-34(38)36(33(32)18-13-21-40-24-29-16-10-9-11-17-29)35(39)23-30-22-31(41-25-30)26-42-43(7,8)37(4,5)6/h9-11,13-14,16-18,22,25,28,32-36,38-39H,12,15,19-21,23-24,26H2,1-8H3/b18-13+/t28-,32-,33-,34-,35-,36+/m0/s1. The summed E-state index contributed by atoms with van der Waals surface area (Å²) in [7, 11) is -1.89. The molecule has 2 N–H and O–H groups in total. The zero-order chi connectivity index (χ0) is 31.6. The van der Waals surface area contributed by atoms with Crippen LogP contribution in [0.2, 0.25) is 18.1 Å². The lowest BCUT2D eigenvalue weighted by Crippen LogP contribution is -2.46. The van der Waals surface area contributed by atoms with Gasteiger partial charge >= 0.3 is 0 Å². The summed E-state index contributed by atoms with van der Waals surface area (Å²) >= 11 is 0. The number of hydrogen-bond acceptors (Lipinski definition) is 5. The second kappa shape index (κ2) is 16.4. The highest BCUT2D eigenvalue weighted by Crippen LogP contribution is 2.44. The highest BCUT2D eigenvalue weighted by Gasteiger charge is 2.43. The van der Waals surface area contributed by atoms with Gasteiger partial charge in [0.1, 0.15) is 5.76 Å². The lowest BCUT2D eigenvalue weighted by Gasteiger charge is -2.44. The van der Waals surface area contributed by atoms with Crippen molar-refractivity contribution in [2.45, 2.75) is 117 Å². The molecular weight excluding hydrogens is 552 g/mol. The van der Waals surface area contributed by atoms with E-state index in [1.54, 1.807) is 6.26 Å². The van der Waals surface area contributed by atoms with Crippen molar-refractivity contribution >= 4 is 8.32 Å². The van der Waals surface area contributed by atoms with Gasteiger partial charge in [0.2, 0.25) is 0 Å². The number of furan rings is 1. The van der Waals surface area contributed by atoms with E-state index in [1.165, 1.54) is 5.57 Å². The Morgan fingerprint density at radius 1 is 1.09 bits per heavy atom. The first-order chi connectivity index (χ1) is 20.3. The van der Waals surface area contributed by atoms with Crippen LogP contribution in [0.25, 0.3) is 0 Å². The fraction of sp³-hybridized carbons (Fsp3) is 0.622. The molecule has 2 aromatic rings. The monoisotopic (exact) mass is 610 g/mol. The van der Waals surface area contributed by atoms with Crippen molar-refractivity contribution in [3.05, 3.63) is 83.3 Å². The Morgan fingerprint density at radius 3 is 2.49 bits per heavy atom. The second-order valence-electron chi connectivity index (χ2n) is 14.5. The number of rotatable bonds is 15. The highest BCUT2D eigenvalue weighted by molar-refractivity contribution is 6.74. The van der Waals surface area contributed by atoms with E-state index in [2.05, 4.69) is 85.0 Å². The van der Waals surface area contributed by atoms with E-state index in [4.69, 9.17) is 13.6 Å². The fourth-order valence-electron chi connectivity index (χ4n) is 6.07. The molecule has 0 bridgehead atoms. The average molecular weight is 611 g/mol. The van der Waals surface area contributed by atoms with Gasteiger partial charge in [-0.1, -0.05) is 81.8 Å². The van der Waals surface area contributed by atoms with Crippen molar-refractivity contribution in [1.29, 1.82) is 0 Å². The van der Waals surface area contributed by atoms with Crippen molar-refractivity contribution in [1.82, 2.24) is 0 Å². The van der Waals surface area contributed by atoms with Gasteiger partial charge in [-0.25, -0.2) is 0 Å². The van der Waals surface area contributed by atoms with Gasteiger partial charge in [0, 0.05) is 12.3 Å². The Labute approximate surface area is 262 Å². The first-order valence-corrected chi connectivity index (χ1v) is 19.2. The number of hydrogen-bond donors (Lipinski definition) is 2. The third kappa shape index (κ3) is 10.9. The summed E-state index contributed by atoms with van der Waals surface area (Å²) in [4.78, 5) is 0. The van der Waals surface area contributed by atoms with Crippen molar-refractivity contribution in [2.75, 3.05) is 6.61 Å². The minimum absolute atomic E-state index is 0.0640. The molecule has 0 saturated heterocycles. The van der Waals surface area contributed by atoms with Gasteiger partial charge in [-0.15, -0.1) is 0 Å². The molecule has 1 saturated carbocycles. The molecule has 1 aliphatic carbocycles. The van der Waals surface area contributed by atoms with Crippen LogP contribution in [0.3, 0.4) is 0 Å². The lowest BCUT2D eigenvalue weighted by molar-refractivity contribution is -0.0603. The zero-order valence-electron chi connectivity index (χ0n) is 28.0. The maximum atomic E-state index is 11.6. The second-order valence-corrected chi connectivity index (χ2v) is 19.3. The molecule has 6 atom stereocenters. The molecule has 1 heterocycles. The van der Waals surface area contributed by atoms with Crippen LogP contribution in [0.1, 0.15) is 84.1 Å². The number of aliphatic hydroxyl groups is 2. The quantitative estimate of drug-likeness (QED) is 0.120. The topological polar surface area (TPSA) is 72.1 Å². The Morgan fingerprint density at radius 2 is 1.81 bits per heavy atom. The molecular formula is C37H58O5Si. The Hall–Kier alpha value is -1.96. The third-order valence-electron chi connectivity index (χ3n) is 9.75. The van der Waals surface area contributed by atoms with Gasteiger partial charge in [0.25, 0.3) is 0 Å². The van der Waals surface area contributed by atoms with E-state index in [0.29, 0.717) is 44.5 Å². The molecule has 1 fully saturated rings. The predicted octanol–water partition coefficient (Wildman–Crippen LogP) is 8.86. The van der Waals surface area contributed by atoms with E-state index < -0.39 is 20.5 Å². The van der Waals surface area contributed by atoms with Crippen molar-refractivity contribution in [3.63, 3.8) is 0 Å². The summed E-state index contributed by atoms with van der Waals surface area (Å²) in [6.07, 6.45) is 11.4. The van der Waals surface area contributed by atoms with E-state index in [9.17, 15) is 10.2 Å². The van der Waals surface area contributed by atoms with Crippen LogP contribution >= 0.6 is 0 Å². The van der Waals surface area contributed by atoms with Gasteiger partial charge < -0.3 is 23.8 Å². The maximum absolute atomic E-state index is 11.6. The molecule has 6 heteroatoms. The van der Waals surface area contributed by atoms with Crippen LogP contribution < -0.4 is 0 Å². The van der Waals surface area contributed by atoms with Gasteiger partial charge in [-0.3, -0.25) is 0 Å². The van der Waals surface area contributed by atoms with Crippen LogP contribution in [-0.4, -0.2) is 37.3 Å². The number of benzene rings is 1.